The fraction of sp³-hybridized carbons (Fsp3) is 0.172. The van der Waals surface area contributed by atoms with E-state index in [9.17, 15) is 14.3 Å². The van der Waals surface area contributed by atoms with Gasteiger partial charge in [0.15, 0.2) is 0 Å². The molecule has 0 amide bonds. The van der Waals surface area contributed by atoms with Crippen LogP contribution in [0.2, 0.25) is 5.02 Å². The highest BCUT2D eigenvalue weighted by Crippen LogP contribution is 2.27. The molecule has 1 N–H and O–H groups in total. The summed E-state index contributed by atoms with van der Waals surface area (Å²) in [6, 6.07) is 21.6. The third-order valence-corrected chi connectivity index (χ3v) is 5.84. The topological polar surface area (TPSA) is 77.9 Å². The average molecular weight is 522 g/mol. The van der Waals surface area contributed by atoms with Gasteiger partial charge in [0.05, 0.1) is 24.9 Å². The Balaban J connectivity index is 1.53. The maximum atomic E-state index is 12.9. The van der Waals surface area contributed by atoms with Crippen LogP contribution >= 0.6 is 11.6 Å². The van der Waals surface area contributed by atoms with Crippen LogP contribution in [0.15, 0.2) is 72.8 Å². The van der Waals surface area contributed by atoms with Crippen LogP contribution in [0.4, 0.5) is 4.39 Å². The minimum atomic E-state index is -1.15. The van der Waals surface area contributed by atoms with Crippen LogP contribution < -0.4 is 9.47 Å². The van der Waals surface area contributed by atoms with Crippen LogP contribution in [0.1, 0.15) is 33.3 Å². The van der Waals surface area contributed by atoms with Crippen molar-refractivity contribution < 1.29 is 28.5 Å². The highest BCUT2D eigenvalue weighted by molar-refractivity contribution is 6.31. The molecule has 0 aliphatic carbocycles. The van der Waals surface area contributed by atoms with Crippen molar-refractivity contribution in [1.29, 1.82) is 0 Å². The molecule has 0 aliphatic heterocycles. The van der Waals surface area contributed by atoms with E-state index in [0.29, 0.717) is 10.8 Å². The van der Waals surface area contributed by atoms with Crippen LogP contribution in [0, 0.1) is 0 Å². The molecule has 37 heavy (non-hydrogen) atoms. The van der Waals surface area contributed by atoms with E-state index >= 15 is 0 Å². The van der Waals surface area contributed by atoms with Crippen molar-refractivity contribution in [2.45, 2.75) is 6.10 Å². The number of nitrogens with zero attached hydrogens (tertiary/aromatic N) is 1. The van der Waals surface area contributed by atoms with E-state index in [0.717, 1.165) is 27.7 Å². The van der Waals surface area contributed by atoms with E-state index in [1.165, 1.54) is 19.2 Å². The second-order valence-electron chi connectivity index (χ2n) is 8.10. The lowest BCUT2D eigenvalue weighted by Gasteiger charge is -2.20. The number of methoxy groups -OCH3 is 1. The lowest BCUT2D eigenvalue weighted by atomic mass is 10.1. The maximum absolute atomic E-state index is 12.9. The van der Waals surface area contributed by atoms with Gasteiger partial charge in [-0.3, -0.25) is 0 Å². The third-order valence-electron chi connectivity index (χ3n) is 5.61. The van der Waals surface area contributed by atoms with Crippen LogP contribution in [-0.4, -0.2) is 43.1 Å². The number of carboxylic acid groups (broad SMARTS) is 1. The van der Waals surface area contributed by atoms with Gasteiger partial charge in [-0.1, -0.05) is 48.0 Å². The van der Waals surface area contributed by atoms with E-state index in [-0.39, 0.29) is 24.5 Å². The van der Waals surface area contributed by atoms with Gasteiger partial charge < -0.3 is 19.3 Å². The molecule has 6 nitrogen and oxygen atoms in total. The van der Waals surface area contributed by atoms with Crippen LogP contribution in [0.5, 0.6) is 11.5 Å². The summed E-state index contributed by atoms with van der Waals surface area (Å²) >= 11 is 6.09. The number of alkyl halides is 1. The van der Waals surface area contributed by atoms with Crippen LogP contribution in [0.25, 0.3) is 23.1 Å². The average Bonchev–Trinajstić information content (AvgIpc) is 2.91. The van der Waals surface area contributed by atoms with Crippen molar-refractivity contribution >= 4 is 40.6 Å². The number of benzene rings is 3. The number of rotatable bonds is 11. The van der Waals surface area contributed by atoms with E-state index in [1.54, 1.807) is 6.07 Å². The molecule has 1 atom stereocenters. The molecule has 4 rings (SSSR count). The summed E-state index contributed by atoms with van der Waals surface area (Å²) in [4.78, 5) is 16.3. The van der Waals surface area contributed by atoms with Crippen molar-refractivity contribution in [3.63, 3.8) is 0 Å². The number of aromatic carboxylic acids is 1. The molecule has 1 heterocycles. The number of fused-ring (bicyclic) bond motifs is 1. The summed E-state index contributed by atoms with van der Waals surface area (Å²) in [7, 11) is 1.45. The standard InChI is InChI=1S/C29H25ClFNO5/c1-35-24-11-12-27(25(17-24)29(33)34)37-18-28(36-14-13-31)21-4-2-3-19(15-21)5-9-23-10-7-20-6-8-22(30)16-26(20)32-23/h2-12,15-17,28H,13-14,18H2,1H3,(H,33,34)/b9-5+/t28-/m1/s1. The second-order valence-corrected chi connectivity index (χ2v) is 8.54. The Morgan fingerprint density at radius 3 is 2.70 bits per heavy atom. The fourth-order valence-electron chi connectivity index (χ4n) is 3.77. The van der Waals surface area contributed by atoms with Gasteiger partial charge in [-0.15, -0.1) is 0 Å². The first-order valence-electron chi connectivity index (χ1n) is 11.5. The smallest absolute Gasteiger partial charge is 0.339 e. The largest absolute Gasteiger partial charge is 0.497 e. The van der Waals surface area contributed by atoms with Crippen LogP contribution in [-0.2, 0) is 4.74 Å². The van der Waals surface area contributed by atoms with Crippen molar-refractivity contribution in [2.75, 3.05) is 27.0 Å². The summed E-state index contributed by atoms with van der Waals surface area (Å²) in [5, 5.41) is 11.2. The number of ether oxygens (including phenoxy) is 3. The maximum Gasteiger partial charge on any atom is 0.339 e. The molecule has 0 bridgehead atoms. The second kappa shape index (κ2) is 12.3. The molecule has 3 aromatic carbocycles. The first-order chi connectivity index (χ1) is 18.0. The number of hydrogen-bond acceptors (Lipinski definition) is 5. The molecule has 0 unspecified atom stereocenters. The highest BCUT2D eigenvalue weighted by Gasteiger charge is 2.18. The van der Waals surface area contributed by atoms with Gasteiger partial charge in [0.25, 0.3) is 0 Å². The minimum absolute atomic E-state index is 0.00718. The molecule has 0 saturated carbocycles. The minimum Gasteiger partial charge on any atom is -0.497 e. The monoisotopic (exact) mass is 521 g/mol. The summed E-state index contributed by atoms with van der Waals surface area (Å²) in [5.41, 5.74) is 3.19. The number of aromatic nitrogens is 1. The zero-order valence-electron chi connectivity index (χ0n) is 20.1. The van der Waals surface area contributed by atoms with Gasteiger partial charge in [0, 0.05) is 10.4 Å². The fourth-order valence-corrected chi connectivity index (χ4v) is 3.93. The van der Waals surface area contributed by atoms with Gasteiger partial charge in [0.2, 0.25) is 0 Å². The Bertz CT molecular complexity index is 1420. The SMILES string of the molecule is COc1ccc(OC[C@@H](OCCF)c2cccc(/C=C/c3ccc4ccc(Cl)cc4n3)c2)c(C(=O)O)c1. The van der Waals surface area contributed by atoms with Gasteiger partial charge in [-0.05, 0) is 59.7 Å². The summed E-state index contributed by atoms with van der Waals surface area (Å²) in [5.74, 6) is -0.578. The number of pyridine rings is 1. The summed E-state index contributed by atoms with van der Waals surface area (Å²) in [6.45, 7) is -0.782. The zero-order valence-corrected chi connectivity index (χ0v) is 20.8. The lowest BCUT2D eigenvalue weighted by Crippen LogP contribution is -2.16. The van der Waals surface area contributed by atoms with Gasteiger partial charge in [0.1, 0.15) is 36.4 Å². The Kier molecular flexibility index (Phi) is 8.72. The van der Waals surface area contributed by atoms with E-state index in [1.807, 2.05) is 66.7 Å². The molecule has 0 saturated heterocycles. The highest BCUT2D eigenvalue weighted by atomic mass is 35.5. The molecule has 8 heteroatoms. The quantitative estimate of drug-likeness (QED) is 0.232. The molecule has 1 aromatic heterocycles. The molecule has 0 spiro atoms. The molecular weight excluding hydrogens is 497 g/mol. The van der Waals surface area contributed by atoms with E-state index < -0.39 is 18.7 Å². The Morgan fingerprint density at radius 1 is 1.08 bits per heavy atom. The molecule has 0 radical (unpaired) electrons. The Morgan fingerprint density at radius 2 is 1.92 bits per heavy atom. The van der Waals surface area contributed by atoms with Crippen LogP contribution in [0.3, 0.4) is 0 Å². The summed E-state index contributed by atoms with van der Waals surface area (Å²) < 4.78 is 29.5. The summed E-state index contributed by atoms with van der Waals surface area (Å²) in [6.07, 6.45) is 3.19. The predicted molar refractivity (Wildman–Crippen MR) is 142 cm³/mol. The van der Waals surface area contributed by atoms with Gasteiger partial charge in [-0.2, -0.15) is 0 Å². The van der Waals surface area contributed by atoms with Crippen molar-refractivity contribution in [3.8, 4) is 11.5 Å². The van der Waals surface area contributed by atoms with E-state index in [4.69, 9.17) is 25.8 Å². The number of hydrogen-bond donors (Lipinski definition) is 1. The Labute approximate surface area is 218 Å². The number of carbonyl (C=O) groups is 1. The predicted octanol–water partition coefficient (Wildman–Crippen LogP) is 6.87. The molecule has 190 valence electrons. The molecule has 4 aromatic rings. The van der Waals surface area contributed by atoms with Crippen molar-refractivity contribution in [2.24, 2.45) is 0 Å². The normalized spacial score (nSPS) is 12.1. The molecule has 0 fully saturated rings. The number of carboxylic acids is 1. The van der Waals surface area contributed by atoms with E-state index in [2.05, 4.69) is 4.98 Å². The van der Waals surface area contributed by atoms with Crippen molar-refractivity contribution in [1.82, 2.24) is 4.98 Å². The molecular formula is C29H25ClFNO5. The van der Waals surface area contributed by atoms with Crippen molar-refractivity contribution in [3.05, 3.63) is 100 Å². The zero-order chi connectivity index (χ0) is 26.2. The molecule has 0 aliphatic rings. The third kappa shape index (κ3) is 6.84. The van der Waals surface area contributed by atoms with Gasteiger partial charge >= 0.3 is 5.97 Å². The Hall–Kier alpha value is -3.94. The first kappa shape index (κ1) is 26.1. The first-order valence-corrected chi connectivity index (χ1v) is 11.9. The van der Waals surface area contributed by atoms with Gasteiger partial charge in [-0.25, -0.2) is 14.2 Å². The number of halogens is 2. The lowest BCUT2D eigenvalue weighted by molar-refractivity contribution is 0.0122.